The van der Waals surface area contributed by atoms with Crippen LogP contribution >= 0.6 is 0 Å². The molecule has 2 aromatic rings. The minimum absolute atomic E-state index is 0.0170. The van der Waals surface area contributed by atoms with Crippen LogP contribution in [0.4, 0.5) is 0 Å². The normalized spacial score (nSPS) is 18.0. The minimum atomic E-state index is -0.691. The third kappa shape index (κ3) is 4.33. The van der Waals surface area contributed by atoms with E-state index in [4.69, 9.17) is 4.98 Å². The number of aryl methyl sites for hydroxylation is 1. The predicted octanol–water partition coefficient (Wildman–Crippen LogP) is 1.10. The number of carbonyl (C=O) groups excluding carboxylic acids is 3. The van der Waals surface area contributed by atoms with Crippen LogP contribution in [-0.2, 0) is 16.6 Å². The molecule has 2 aliphatic rings. The molecule has 0 spiro atoms. The Hall–Kier alpha value is -2.97. The van der Waals surface area contributed by atoms with Crippen LogP contribution in [-0.4, -0.2) is 69.7 Å². The van der Waals surface area contributed by atoms with Gasteiger partial charge in [-0.15, -0.1) is 0 Å². The number of fused-ring (bicyclic) bond motifs is 1. The van der Waals surface area contributed by atoms with Crippen molar-refractivity contribution in [2.24, 2.45) is 12.5 Å². The number of hydrogen-bond donors (Lipinski definition) is 2. The summed E-state index contributed by atoms with van der Waals surface area (Å²) >= 11 is 0. The van der Waals surface area contributed by atoms with Gasteiger partial charge in [0.25, 0.3) is 5.91 Å². The van der Waals surface area contributed by atoms with Crippen LogP contribution in [0, 0.1) is 5.41 Å². The number of aromatic amines is 1. The third-order valence-corrected chi connectivity index (χ3v) is 6.42. The fourth-order valence-corrected chi connectivity index (χ4v) is 4.24. The number of aromatic nitrogens is 3. The van der Waals surface area contributed by atoms with Gasteiger partial charge in [-0.2, -0.15) is 0 Å². The lowest BCUT2D eigenvalue weighted by molar-refractivity contribution is -0.647. The van der Waals surface area contributed by atoms with E-state index in [9.17, 15) is 14.4 Å². The van der Waals surface area contributed by atoms with E-state index < -0.39 is 11.5 Å². The lowest BCUT2D eigenvalue weighted by atomic mass is 9.85. The first-order chi connectivity index (χ1) is 15.1. The molecule has 1 aliphatic heterocycles. The Morgan fingerprint density at radius 2 is 1.78 bits per heavy atom. The summed E-state index contributed by atoms with van der Waals surface area (Å²) in [5.74, 6) is 0.0516. The highest BCUT2D eigenvalue weighted by atomic mass is 16.2. The number of rotatable bonds is 4. The van der Waals surface area contributed by atoms with E-state index in [0.29, 0.717) is 43.2 Å². The molecule has 0 bridgehead atoms. The number of H-pyrrole nitrogens is 1. The van der Waals surface area contributed by atoms with Crippen LogP contribution in [0.25, 0.3) is 11.2 Å². The first kappa shape index (κ1) is 22.2. The topological polar surface area (TPSA) is 102 Å². The molecule has 0 aromatic carbocycles. The van der Waals surface area contributed by atoms with Gasteiger partial charge in [-0.25, -0.2) is 14.5 Å². The standard InChI is InChI=1S/C23H32N6O3/c1-14(30)28-8-10-29(11-9-28)22(32)19(23(2,3)4)26-21(31)16-12-24-20-18(16)25-17(13-27(20)5)15-6-7-15/h12-13,15,19H,6-11H2,1-5H3,(H,26,31)/p+1. The Balaban J connectivity index is 1.55. The average molecular weight is 442 g/mol. The number of nitrogens with zero attached hydrogens (tertiary/aromatic N) is 4. The molecule has 1 atom stereocenters. The first-order valence-electron chi connectivity index (χ1n) is 11.3. The van der Waals surface area contributed by atoms with Gasteiger partial charge in [-0.05, 0) is 18.3 Å². The lowest BCUT2D eigenvalue weighted by Crippen LogP contribution is -2.59. The van der Waals surface area contributed by atoms with Crippen molar-refractivity contribution in [1.29, 1.82) is 0 Å². The maximum absolute atomic E-state index is 13.4. The van der Waals surface area contributed by atoms with Crippen molar-refractivity contribution in [1.82, 2.24) is 25.1 Å². The minimum Gasteiger partial charge on any atom is -0.340 e. The summed E-state index contributed by atoms with van der Waals surface area (Å²) in [5.41, 5.74) is 2.37. The highest BCUT2D eigenvalue weighted by molar-refractivity contribution is 6.05. The van der Waals surface area contributed by atoms with Crippen molar-refractivity contribution >= 4 is 28.9 Å². The van der Waals surface area contributed by atoms with E-state index in [1.165, 1.54) is 0 Å². The van der Waals surface area contributed by atoms with Gasteiger partial charge >= 0.3 is 5.65 Å². The van der Waals surface area contributed by atoms with Crippen molar-refractivity contribution in [2.45, 2.75) is 52.5 Å². The van der Waals surface area contributed by atoms with E-state index in [1.54, 1.807) is 22.9 Å². The average Bonchev–Trinajstić information content (AvgIpc) is 3.49. The SMILES string of the molecule is CC(=O)N1CCN(C(=O)C(NC(=O)c2c[nH]c3c2nc(C2CC2)c[n+]3C)C(C)(C)C)CC1. The Kier molecular flexibility index (Phi) is 5.68. The molecule has 1 unspecified atom stereocenters. The monoisotopic (exact) mass is 441 g/mol. The summed E-state index contributed by atoms with van der Waals surface area (Å²) in [6, 6.07) is -0.691. The fourth-order valence-electron chi connectivity index (χ4n) is 4.24. The molecule has 1 saturated carbocycles. The molecule has 3 amide bonds. The van der Waals surface area contributed by atoms with Gasteiger partial charge in [0.15, 0.2) is 5.52 Å². The van der Waals surface area contributed by atoms with Gasteiger partial charge in [-0.3, -0.25) is 14.4 Å². The van der Waals surface area contributed by atoms with E-state index in [-0.39, 0.29) is 17.7 Å². The molecule has 172 valence electrons. The van der Waals surface area contributed by atoms with E-state index >= 15 is 0 Å². The highest BCUT2D eigenvalue weighted by Crippen LogP contribution is 2.39. The molecule has 3 heterocycles. The van der Waals surface area contributed by atoms with Crippen molar-refractivity contribution in [3.8, 4) is 0 Å². The maximum Gasteiger partial charge on any atom is 0.306 e. The summed E-state index contributed by atoms with van der Waals surface area (Å²) < 4.78 is 1.97. The zero-order valence-electron chi connectivity index (χ0n) is 19.6. The lowest BCUT2D eigenvalue weighted by Gasteiger charge is -2.39. The second-order valence-corrected chi connectivity index (χ2v) is 10.1. The van der Waals surface area contributed by atoms with Gasteiger partial charge in [0.2, 0.25) is 11.8 Å². The van der Waals surface area contributed by atoms with Crippen LogP contribution in [0.3, 0.4) is 0 Å². The van der Waals surface area contributed by atoms with Crippen molar-refractivity contribution in [3.63, 3.8) is 0 Å². The van der Waals surface area contributed by atoms with Crippen molar-refractivity contribution in [2.75, 3.05) is 26.2 Å². The summed E-state index contributed by atoms with van der Waals surface area (Å²) in [6.45, 7) is 9.34. The molecule has 1 aliphatic carbocycles. The Morgan fingerprint density at radius 1 is 1.16 bits per heavy atom. The second kappa shape index (κ2) is 8.18. The molecule has 2 fully saturated rings. The molecule has 4 rings (SSSR count). The Morgan fingerprint density at radius 3 is 2.34 bits per heavy atom. The molecule has 9 heteroatoms. The number of carbonyl (C=O) groups is 3. The van der Waals surface area contributed by atoms with Crippen LogP contribution in [0.1, 0.15) is 62.5 Å². The van der Waals surface area contributed by atoms with Gasteiger partial charge in [0, 0.05) is 39.0 Å². The summed E-state index contributed by atoms with van der Waals surface area (Å²) in [6.07, 6.45) is 5.93. The molecule has 32 heavy (non-hydrogen) atoms. The van der Waals surface area contributed by atoms with Crippen LogP contribution < -0.4 is 9.88 Å². The zero-order valence-corrected chi connectivity index (χ0v) is 19.6. The van der Waals surface area contributed by atoms with Crippen LogP contribution in [0.15, 0.2) is 12.4 Å². The number of nitrogens with one attached hydrogen (secondary N) is 2. The maximum atomic E-state index is 13.4. The summed E-state index contributed by atoms with van der Waals surface area (Å²) in [5, 5.41) is 2.99. The molecule has 1 saturated heterocycles. The van der Waals surface area contributed by atoms with Crippen LogP contribution in [0.5, 0.6) is 0 Å². The predicted molar refractivity (Wildman–Crippen MR) is 119 cm³/mol. The number of hydrogen-bond acceptors (Lipinski definition) is 4. The van der Waals surface area contributed by atoms with Gasteiger partial charge in [0.1, 0.15) is 24.0 Å². The quantitative estimate of drug-likeness (QED) is 0.694. The molecule has 2 aromatic heterocycles. The van der Waals surface area contributed by atoms with E-state index in [1.807, 2.05) is 38.6 Å². The second-order valence-electron chi connectivity index (χ2n) is 10.1. The smallest absolute Gasteiger partial charge is 0.306 e. The molecule has 0 radical (unpaired) electrons. The largest absolute Gasteiger partial charge is 0.340 e. The summed E-state index contributed by atoms with van der Waals surface area (Å²) in [4.78, 5) is 49.7. The number of amides is 3. The molecule has 2 N–H and O–H groups in total. The van der Waals surface area contributed by atoms with Gasteiger partial charge < -0.3 is 15.1 Å². The van der Waals surface area contributed by atoms with E-state index in [0.717, 1.165) is 24.2 Å². The van der Waals surface area contributed by atoms with Gasteiger partial charge in [0.05, 0.1) is 12.7 Å². The fraction of sp³-hybridized carbons (Fsp3) is 0.609. The van der Waals surface area contributed by atoms with Crippen LogP contribution in [0.2, 0.25) is 0 Å². The zero-order chi connectivity index (χ0) is 23.2. The molecular formula is C23H33N6O3+. The van der Waals surface area contributed by atoms with Crippen molar-refractivity contribution in [3.05, 3.63) is 23.7 Å². The Bertz CT molecular complexity index is 1060. The highest BCUT2D eigenvalue weighted by Gasteiger charge is 2.38. The Labute approximate surface area is 188 Å². The summed E-state index contributed by atoms with van der Waals surface area (Å²) in [7, 11) is 1.94. The number of piperazine rings is 1. The van der Waals surface area contributed by atoms with Gasteiger partial charge in [-0.1, -0.05) is 20.8 Å². The first-order valence-corrected chi connectivity index (χ1v) is 11.3. The van der Waals surface area contributed by atoms with Crippen molar-refractivity contribution < 1.29 is 19.0 Å². The molecular weight excluding hydrogens is 408 g/mol. The third-order valence-electron chi connectivity index (χ3n) is 6.42. The van der Waals surface area contributed by atoms with E-state index in [2.05, 4.69) is 10.3 Å². The molecule has 9 nitrogen and oxygen atoms in total.